The van der Waals surface area contributed by atoms with Crippen LogP contribution in [0.25, 0.3) is 10.9 Å². The highest BCUT2D eigenvalue weighted by molar-refractivity contribution is 5.84. The summed E-state index contributed by atoms with van der Waals surface area (Å²) in [5.41, 5.74) is 1.28. The lowest BCUT2D eigenvalue weighted by Gasteiger charge is -2.17. The van der Waals surface area contributed by atoms with Gasteiger partial charge in [0.05, 0.1) is 5.52 Å². The second-order valence-electron chi connectivity index (χ2n) is 4.32. The maximum absolute atomic E-state index is 12.1. The molecule has 0 amide bonds. The molecule has 2 rings (SSSR count). The third-order valence-corrected chi connectivity index (χ3v) is 3.15. The Morgan fingerprint density at radius 1 is 1.39 bits per heavy atom. The van der Waals surface area contributed by atoms with E-state index in [1.807, 2.05) is 25.1 Å². The SMILES string of the molecule is CCC(C(=O)O)n1c(=O)cc(C)c2ccccc21. The van der Waals surface area contributed by atoms with E-state index in [-0.39, 0.29) is 5.56 Å². The number of nitrogens with zero attached hydrogens (tertiary/aromatic N) is 1. The van der Waals surface area contributed by atoms with E-state index in [1.54, 1.807) is 13.0 Å². The quantitative estimate of drug-likeness (QED) is 0.902. The molecule has 0 saturated heterocycles. The molecule has 1 N–H and O–H groups in total. The summed E-state index contributed by atoms with van der Waals surface area (Å²) < 4.78 is 1.37. The fourth-order valence-corrected chi connectivity index (χ4v) is 2.26. The second kappa shape index (κ2) is 4.64. The zero-order valence-electron chi connectivity index (χ0n) is 10.4. The number of carboxylic acids is 1. The van der Waals surface area contributed by atoms with Gasteiger partial charge in [-0.1, -0.05) is 25.1 Å². The normalized spacial score (nSPS) is 12.6. The van der Waals surface area contributed by atoms with Crippen LogP contribution in [0.2, 0.25) is 0 Å². The Morgan fingerprint density at radius 2 is 2.06 bits per heavy atom. The molecule has 0 saturated carbocycles. The Bertz CT molecular complexity index is 658. The van der Waals surface area contributed by atoms with E-state index in [2.05, 4.69) is 0 Å². The average Bonchev–Trinajstić information content (AvgIpc) is 2.34. The molecule has 4 heteroatoms. The number of hydrogen-bond donors (Lipinski definition) is 1. The monoisotopic (exact) mass is 245 g/mol. The van der Waals surface area contributed by atoms with Crippen LogP contribution in [0.1, 0.15) is 24.9 Å². The molecule has 0 aliphatic rings. The molecule has 0 fully saturated rings. The average molecular weight is 245 g/mol. The minimum Gasteiger partial charge on any atom is -0.480 e. The lowest BCUT2D eigenvalue weighted by Crippen LogP contribution is -2.29. The molecule has 2 aromatic rings. The molecule has 1 heterocycles. The number of benzene rings is 1. The zero-order chi connectivity index (χ0) is 13.3. The number of aryl methyl sites for hydroxylation is 1. The van der Waals surface area contributed by atoms with Crippen molar-refractivity contribution >= 4 is 16.9 Å². The van der Waals surface area contributed by atoms with Crippen LogP contribution in [-0.2, 0) is 4.79 Å². The molecule has 0 bridgehead atoms. The molecule has 4 nitrogen and oxygen atoms in total. The first-order chi connectivity index (χ1) is 8.56. The summed E-state index contributed by atoms with van der Waals surface area (Å²) in [5, 5.41) is 10.1. The number of pyridine rings is 1. The van der Waals surface area contributed by atoms with Crippen LogP contribution in [-0.4, -0.2) is 15.6 Å². The van der Waals surface area contributed by atoms with E-state index in [4.69, 9.17) is 0 Å². The van der Waals surface area contributed by atoms with Gasteiger partial charge in [-0.15, -0.1) is 0 Å². The van der Waals surface area contributed by atoms with Gasteiger partial charge in [0, 0.05) is 11.5 Å². The van der Waals surface area contributed by atoms with Crippen molar-refractivity contribution in [2.24, 2.45) is 0 Å². The molecular weight excluding hydrogens is 230 g/mol. The van der Waals surface area contributed by atoms with Gasteiger partial charge in [0.25, 0.3) is 5.56 Å². The Hall–Kier alpha value is -2.10. The molecule has 18 heavy (non-hydrogen) atoms. The first-order valence-electron chi connectivity index (χ1n) is 5.90. The minimum atomic E-state index is -0.978. The van der Waals surface area contributed by atoms with Crippen LogP contribution < -0.4 is 5.56 Å². The van der Waals surface area contributed by atoms with Crippen molar-refractivity contribution in [1.82, 2.24) is 4.57 Å². The highest BCUT2D eigenvalue weighted by Gasteiger charge is 2.20. The van der Waals surface area contributed by atoms with Crippen LogP contribution in [0.4, 0.5) is 0 Å². The van der Waals surface area contributed by atoms with Crippen LogP contribution in [0.5, 0.6) is 0 Å². The first-order valence-corrected chi connectivity index (χ1v) is 5.90. The van der Waals surface area contributed by atoms with Gasteiger partial charge in [0.1, 0.15) is 6.04 Å². The van der Waals surface area contributed by atoms with Gasteiger partial charge >= 0.3 is 5.97 Å². The van der Waals surface area contributed by atoms with Crippen molar-refractivity contribution in [3.8, 4) is 0 Å². The standard InChI is InChI=1S/C14H15NO3/c1-3-11(14(17)18)15-12-7-5-4-6-10(12)9(2)8-13(15)16/h4-8,11H,3H2,1-2H3,(H,17,18). The Kier molecular flexibility index (Phi) is 3.19. The molecule has 0 aliphatic heterocycles. The van der Waals surface area contributed by atoms with E-state index >= 15 is 0 Å². The predicted octanol–water partition coefficient (Wildman–Crippen LogP) is 2.35. The van der Waals surface area contributed by atoms with Crippen LogP contribution in [0.3, 0.4) is 0 Å². The third-order valence-electron chi connectivity index (χ3n) is 3.15. The van der Waals surface area contributed by atoms with Crippen molar-refractivity contribution in [2.75, 3.05) is 0 Å². The Balaban J connectivity index is 2.85. The fraction of sp³-hybridized carbons (Fsp3) is 0.286. The van der Waals surface area contributed by atoms with E-state index in [0.29, 0.717) is 11.9 Å². The summed E-state index contributed by atoms with van der Waals surface area (Å²) in [6.45, 7) is 3.62. The third kappa shape index (κ3) is 1.90. The predicted molar refractivity (Wildman–Crippen MR) is 69.9 cm³/mol. The highest BCUT2D eigenvalue weighted by Crippen LogP contribution is 2.20. The van der Waals surface area contributed by atoms with Crippen molar-refractivity contribution < 1.29 is 9.90 Å². The number of carboxylic acid groups (broad SMARTS) is 1. The molecular formula is C14H15NO3. The molecule has 1 atom stereocenters. The molecule has 1 unspecified atom stereocenters. The van der Waals surface area contributed by atoms with E-state index in [9.17, 15) is 14.7 Å². The number of para-hydroxylation sites is 1. The van der Waals surface area contributed by atoms with Crippen LogP contribution in [0, 0.1) is 6.92 Å². The molecule has 0 spiro atoms. The summed E-state index contributed by atoms with van der Waals surface area (Å²) >= 11 is 0. The largest absolute Gasteiger partial charge is 0.480 e. The molecule has 1 aromatic heterocycles. The summed E-state index contributed by atoms with van der Waals surface area (Å²) in [6.07, 6.45) is 0.377. The Morgan fingerprint density at radius 3 is 2.67 bits per heavy atom. The Labute approximate surface area is 104 Å². The van der Waals surface area contributed by atoms with Crippen LogP contribution in [0.15, 0.2) is 35.1 Å². The highest BCUT2D eigenvalue weighted by atomic mass is 16.4. The van der Waals surface area contributed by atoms with E-state index < -0.39 is 12.0 Å². The van der Waals surface area contributed by atoms with Gasteiger partial charge in [-0.25, -0.2) is 4.79 Å². The van der Waals surface area contributed by atoms with Gasteiger partial charge in [0.2, 0.25) is 0 Å². The van der Waals surface area contributed by atoms with E-state index in [1.165, 1.54) is 10.6 Å². The van der Waals surface area contributed by atoms with Gasteiger partial charge in [-0.05, 0) is 25.0 Å². The number of carbonyl (C=O) groups is 1. The summed E-state index contributed by atoms with van der Waals surface area (Å²) in [4.78, 5) is 23.3. The smallest absolute Gasteiger partial charge is 0.326 e. The molecule has 0 radical (unpaired) electrons. The van der Waals surface area contributed by atoms with Gasteiger partial charge in [-0.3, -0.25) is 9.36 Å². The molecule has 0 aliphatic carbocycles. The number of rotatable bonds is 3. The van der Waals surface area contributed by atoms with Gasteiger partial charge < -0.3 is 5.11 Å². The maximum Gasteiger partial charge on any atom is 0.326 e. The lowest BCUT2D eigenvalue weighted by molar-refractivity contribution is -0.140. The topological polar surface area (TPSA) is 59.3 Å². The van der Waals surface area contributed by atoms with E-state index in [0.717, 1.165) is 10.9 Å². The first kappa shape index (κ1) is 12.4. The molecule has 94 valence electrons. The zero-order valence-corrected chi connectivity index (χ0v) is 10.4. The summed E-state index contributed by atoms with van der Waals surface area (Å²) in [5.74, 6) is -0.978. The van der Waals surface area contributed by atoms with Gasteiger partial charge in [0.15, 0.2) is 0 Å². The van der Waals surface area contributed by atoms with Crippen molar-refractivity contribution in [2.45, 2.75) is 26.3 Å². The summed E-state index contributed by atoms with van der Waals surface area (Å²) in [6, 6.07) is 8.05. The number of hydrogen-bond acceptors (Lipinski definition) is 2. The van der Waals surface area contributed by atoms with Crippen molar-refractivity contribution in [3.63, 3.8) is 0 Å². The van der Waals surface area contributed by atoms with Crippen molar-refractivity contribution in [1.29, 1.82) is 0 Å². The second-order valence-corrected chi connectivity index (χ2v) is 4.32. The molecule has 1 aromatic carbocycles. The number of aromatic nitrogens is 1. The number of aliphatic carboxylic acids is 1. The van der Waals surface area contributed by atoms with Gasteiger partial charge in [-0.2, -0.15) is 0 Å². The van der Waals surface area contributed by atoms with Crippen molar-refractivity contribution in [3.05, 3.63) is 46.2 Å². The summed E-state index contributed by atoms with van der Waals surface area (Å²) in [7, 11) is 0. The maximum atomic E-state index is 12.1. The fourth-order valence-electron chi connectivity index (χ4n) is 2.26. The number of fused-ring (bicyclic) bond motifs is 1. The van der Waals surface area contributed by atoms with Crippen LogP contribution >= 0.6 is 0 Å². The minimum absolute atomic E-state index is 0.263. The lowest BCUT2D eigenvalue weighted by atomic mass is 10.1.